The molecular formula is C21H18N2O3. The van der Waals surface area contributed by atoms with Crippen LogP contribution in [0.2, 0.25) is 0 Å². The Morgan fingerprint density at radius 2 is 2.00 bits per heavy atom. The van der Waals surface area contributed by atoms with Crippen molar-refractivity contribution in [2.24, 2.45) is 4.99 Å². The van der Waals surface area contributed by atoms with E-state index in [9.17, 15) is 5.11 Å². The molecule has 1 unspecified atom stereocenters. The first kappa shape index (κ1) is 15.1. The third kappa shape index (κ3) is 1.88. The van der Waals surface area contributed by atoms with Gasteiger partial charge in [-0.15, -0.1) is 0 Å². The molecule has 1 atom stereocenters. The van der Waals surface area contributed by atoms with Gasteiger partial charge in [0.15, 0.2) is 0 Å². The maximum atomic E-state index is 10.9. The van der Waals surface area contributed by atoms with Crippen molar-refractivity contribution in [2.45, 2.75) is 12.1 Å². The van der Waals surface area contributed by atoms with Crippen LogP contribution in [0.5, 0.6) is 11.5 Å². The van der Waals surface area contributed by atoms with Crippen molar-refractivity contribution in [1.82, 2.24) is 0 Å². The number of aliphatic hydroxyl groups is 1. The minimum Gasteiger partial charge on any atom is -0.497 e. The quantitative estimate of drug-likeness (QED) is 0.717. The fourth-order valence-electron chi connectivity index (χ4n) is 3.92. The molecule has 0 aliphatic carbocycles. The molecule has 5 nitrogen and oxygen atoms in total. The number of anilines is 1. The number of aliphatic hydroxyl groups excluding tert-OH is 1. The summed E-state index contributed by atoms with van der Waals surface area (Å²) in [5.41, 5.74) is 1.70. The third-order valence-corrected chi connectivity index (χ3v) is 5.33. The van der Waals surface area contributed by atoms with Crippen molar-refractivity contribution in [2.75, 3.05) is 19.1 Å². The molecular weight excluding hydrogens is 328 g/mol. The predicted molar refractivity (Wildman–Crippen MR) is 102 cm³/mol. The van der Waals surface area contributed by atoms with Gasteiger partial charge in [-0.2, -0.15) is 0 Å². The number of nitrogens with zero attached hydrogens (tertiary/aromatic N) is 2. The lowest BCUT2D eigenvalue weighted by molar-refractivity contribution is 0.125. The zero-order chi connectivity index (χ0) is 17.9. The van der Waals surface area contributed by atoms with Crippen molar-refractivity contribution in [3.8, 4) is 11.5 Å². The van der Waals surface area contributed by atoms with E-state index in [1.54, 1.807) is 7.11 Å². The molecule has 0 saturated heterocycles. The number of aliphatic imine (C=N–C) groups is 1. The van der Waals surface area contributed by atoms with Gasteiger partial charge in [-0.25, -0.2) is 4.99 Å². The number of hydrogen-bond acceptors (Lipinski definition) is 4. The van der Waals surface area contributed by atoms with E-state index in [1.807, 2.05) is 66.5 Å². The first-order valence-corrected chi connectivity index (χ1v) is 8.52. The minimum absolute atomic E-state index is 0.0287. The molecule has 0 fully saturated rings. The molecule has 2 aliphatic heterocycles. The molecule has 0 aromatic heterocycles. The summed E-state index contributed by atoms with van der Waals surface area (Å²) < 4.78 is 11.7. The SMILES string of the molecule is COc1ccc2c(c1)CC1(Oc3ccc4ccccc4c3N=C1O)N2C. The van der Waals surface area contributed by atoms with Crippen molar-refractivity contribution in [1.29, 1.82) is 0 Å². The summed E-state index contributed by atoms with van der Waals surface area (Å²) in [5.74, 6) is 1.43. The van der Waals surface area contributed by atoms with E-state index in [1.165, 1.54) is 0 Å². The fraction of sp³-hybridized carbons (Fsp3) is 0.190. The molecule has 3 aromatic rings. The van der Waals surface area contributed by atoms with Crippen LogP contribution in [-0.2, 0) is 6.42 Å². The maximum Gasteiger partial charge on any atom is 0.263 e. The summed E-state index contributed by atoms with van der Waals surface area (Å²) in [4.78, 5) is 6.50. The standard InChI is InChI=1S/C21H18N2O3/c1-23-17-9-8-15(25-2)11-14(17)12-21(23)20(24)22-19-16-6-4-3-5-13(16)7-10-18(19)26-21/h3-11H,12H2,1-2H3,(H,22,24). The number of likely N-dealkylation sites (N-methyl/N-ethyl adjacent to an activating group) is 1. The van der Waals surface area contributed by atoms with Gasteiger partial charge in [0, 0.05) is 24.5 Å². The molecule has 2 aliphatic rings. The molecule has 1 N–H and O–H groups in total. The van der Waals surface area contributed by atoms with E-state index in [0.717, 1.165) is 27.8 Å². The Hall–Kier alpha value is -3.21. The van der Waals surface area contributed by atoms with Crippen molar-refractivity contribution < 1.29 is 14.6 Å². The van der Waals surface area contributed by atoms with Crippen molar-refractivity contribution in [3.05, 3.63) is 60.2 Å². The van der Waals surface area contributed by atoms with Crippen LogP contribution in [0.4, 0.5) is 11.4 Å². The molecule has 0 saturated carbocycles. The summed E-state index contributed by atoms with van der Waals surface area (Å²) in [7, 11) is 3.56. The van der Waals surface area contributed by atoms with Crippen LogP contribution in [0.1, 0.15) is 5.56 Å². The van der Waals surface area contributed by atoms with Gasteiger partial charge in [0.25, 0.3) is 11.6 Å². The highest BCUT2D eigenvalue weighted by Gasteiger charge is 2.51. The van der Waals surface area contributed by atoms with E-state index >= 15 is 0 Å². The molecule has 26 heavy (non-hydrogen) atoms. The zero-order valence-corrected chi connectivity index (χ0v) is 14.6. The van der Waals surface area contributed by atoms with Crippen LogP contribution in [0.15, 0.2) is 59.6 Å². The van der Waals surface area contributed by atoms with Gasteiger partial charge in [-0.3, -0.25) is 0 Å². The van der Waals surface area contributed by atoms with Gasteiger partial charge >= 0.3 is 0 Å². The normalized spacial score (nSPS) is 20.5. The summed E-state index contributed by atoms with van der Waals surface area (Å²) in [6, 6.07) is 17.8. The molecule has 2 heterocycles. The number of fused-ring (bicyclic) bond motifs is 4. The Morgan fingerprint density at radius 3 is 2.85 bits per heavy atom. The van der Waals surface area contributed by atoms with Crippen LogP contribution in [0.3, 0.4) is 0 Å². The molecule has 0 radical (unpaired) electrons. The Labute approximate surface area is 151 Å². The second-order valence-corrected chi connectivity index (χ2v) is 6.69. The van der Waals surface area contributed by atoms with E-state index in [0.29, 0.717) is 17.9 Å². The highest BCUT2D eigenvalue weighted by atomic mass is 16.5. The maximum absolute atomic E-state index is 10.9. The first-order chi connectivity index (χ1) is 12.6. The zero-order valence-electron chi connectivity index (χ0n) is 14.6. The van der Waals surface area contributed by atoms with E-state index in [4.69, 9.17) is 9.47 Å². The second-order valence-electron chi connectivity index (χ2n) is 6.69. The first-order valence-electron chi connectivity index (χ1n) is 8.52. The van der Waals surface area contributed by atoms with Gasteiger partial charge in [0.1, 0.15) is 17.2 Å². The van der Waals surface area contributed by atoms with Crippen molar-refractivity contribution in [3.63, 3.8) is 0 Å². The fourth-order valence-corrected chi connectivity index (χ4v) is 3.92. The lowest BCUT2D eigenvalue weighted by atomic mass is 10.0. The minimum atomic E-state index is -1.02. The van der Waals surface area contributed by atoms with Gasteiger partial charge in [0.2, 0.25) is 0 Å². The molecule has 0 bridgehead atoms. The molecule has 130 valence electrons. The number of rotatable bonds is 1. The molecule has 5 heteroatoms. The number of methoxy groups -OCH3 is 1. The van der Waals surface area contributed by atoms with Crippen LogP contribution in [0.25, 0.3) is 10.8 Å². The summed E-state index contributed by atoms with van der Waals surface area (Å²) in [6.45, 7) is 0. The largest absolute Gasteiger partial charge is 0.497 e. The third-order valence-electron chi connectivity index (χ3n) is 5.33. The summed E-state index contributed by atoms with van der Waals surface area (Å²) in [6.07, 6.45) is 0.498. The van der Waals surface area contributed by atoms with Crippen molar-refractivity contribution >= 4 is 28.0 Å². The van der Waals surface area contributed by atoms with Gasteiger partial charge in [0.05, 0.1) is 7.11 Å². The average molecular weight is 346 g/mol. The Kier molecular flexibility index (Phi) is 2.98. The highest BCUT2D eigenvalue weighted by molar-refractivity contribution is 6.02. The predicted octanol–water partition coefficient (Wildman–Crippen LogP) is 4.22. The lowest BCUT2D eigenvalue weighted by Crippen LogP contribution is -2.57. The Bertz CT molecular complexity index is 1080. The highest BCUT2D eigenvalue weighted by Crippen LogP contribution is 2.47. The van der Waals surface area contributed by atoms with E-state index in [-0.39, 0.29) is 5.90 Å². The van der Waals surface area contributed by atoms with Crippen LogP contribution in [-0.4, -0.2) is 30.9 Å². The van der Waals surface area contributed by atoms with Crippen LogP contribution < -0.4 is 14.4 Å². The van der Waals surface area contributed by atoms with E-state index < -0.39 is 5.72 Å². The second kappa shape index (κ2) is 5.14. The average Bonchev–Trinajstić information content (AvgIpc) is 2.95. The van der Waals surface area contributed by atoms with E-state index in [2.05, 4.69) is 4.99 Å². The lowest BCUT2D eigenvalue weighted by Gasteiger charge is -2.38. The molecule has 5 rings (SSSR count). The van der Waals surface area contributed by atoms with Crippen LogP contribution in [0, 0.1) is 0 Å². The van der Waals surface area contributed by atoms with Gasteiger partial charge in [-0.05, 0) is 35.2 Å². The van der Waals surface area contributed by atoms with Gasteiger partial charge < -0.3 is 19.5 Å². The summed E-state index contributed by atoms with van der Waals surface area (Å²) in [5, 5.41) is 12.9. The Balaban J connectivity index is 1.65. The number of hydrogen-bond donors (Lipinski definition) is 1. The number of benzene rings is 3. The summed E-state index contributed by atoms with van der Waals surface area (Å²) >= 11 is 0. The topological polar surface area (TPSA) is 54.3 Å². The van der Waals surface area contributed by atoms with Gasteiger partial charge in [-0.1, -0.05) is 30.3 Å². The number of ether oxygens (including phenoxy) is 2. The smallest absolute Gasteiger partial charge is 0.263 e. The Morgan fingerprint density at radius 1 is 1.15 bits per heavy atom. The van der Waals surface area contributed by atoms with Crippen LogP contribution >= 0.6 is 0 Å². The molecule has 1 spiro atoms. The molecule has 0 amide bonds. The molecule has 3 aromatic carbocycles. The monoisotopic (exact) mass is 346 g/mol.